The number of halogens is 3. The highest BCUT2D eigenvalue weighted by Gasteiger charge is 2.23. The average molecular weight is 526 g/mol. The Labute approximate surface area is 205 Å². The molecule has 1 fully saturated rings. The number of nitrogens with zero attached hydrogens (tertiary/aromatic N) is 4. The lowest BCUT2D eigenvalue weighted by atomic mass is 9.93. The summed E-state index contributed by atoms with van der Waals surface area (Å²) in [5.74, 6) is -3.31. The number of phenols is 1. The van der Waals surface area contributed by atoms with Crippen molar-refractivity contribution in [2.24, 2.45) is 0 Å². The van der Waals surface area contributed by atoms with Crippen molar-refractivity contribution in [3.63, 3.8) is 0 Å². The van der Waals surface area contributed by atoms with Gasteiger partial charge in [-0.1, -0.05) is 12.1 Å². The van der Waals surface area contributed by atoms with Crippen molar-refractivity contribution >= 4 is 33.7 Å². The highest BCUT2D eigenvalue weighted by molar-refractivity contribution is 8.93. The summed E-state index contributed by atoms with van der Waals surface area (Å²) >= 11 is 0. The van der Waals surface area contributed by atoms with Gasteiger partial charge < -0.3 is 10.0 Å². The number of hydrogen-bond donors (Lipinski definition) is 2. The van der Waals surface area contributed by atoms with Crippen LogP contribution < -0.4 is 4.90 Å². The lowest BCUT2D eigenvalue weighted by Gasteiger charge is -2.29. The zero-order chi connectivity index (χ0) is 23.1. The van der Waals surface area contributed by atoms with Gasteiger partial charge in [-0.25, -0.2) is 13.8 Å². The topological polar surface area (TPSA) is 88.8 Å². The second kappa shape index (κ2) is 9.39. The van der Waals surface area contributed by atoms with E-state index in [9.17, 15) is 19.1 Å². The molecule has 0 saturated carbocycles. The number of pyridine rings is 1. The lowest BCUT2D eigenvalue weighted by Crippen LogP contribution is -2.29. The van der Waals surface area contributed by atoms with Crippen LogP contribution in [0, 0.1) is 29.9 Å². The molecule has 34 heavy (non-hydrogen) atoms. The molecule has 6 nitrogen and oxygen atoms in total. The number of aromatic nitrogens is 3. The summed E-state index contributed by atoms with van der Waals surface area (Å²) in [6.45, 7) is 3.87. The summed E-state index contributed by atoms with van der Waals surface area (Å²) in [7, 11) is 0. The third-order valence-electron chi connectivity index (χ3n) is 6.16. The van der Waals surface area contributed by atoms with Crippen LogP contribution in [0.5, 0.6) is 5.75 Å². The molecule has 0 spiro atoms. The fraction of sp³-hybridized carbons (Fsp3) is 0.240. The summed E-state index contributed by atoms with van der Waals surface area (Å²) in [6, 6.07) is 12.1. The average Bonchev–Trinajstić information content (AvgIpc) is 3.22. The molecule has 2 N–H and O–H groups in total. The Morgan fingerprint density at radius 1 is 1.03 bits per heavy atom. The number of benzene rings is 2. The molecule has 9 heteroatoms. The molecule has 0 amide bonds. The number of aryl methyl sites for hydroxylation is 1. The fourth-order valence-corrected chi connectivity index (χ4v) is 4.50. The number of aromatic hydroxyl groups is 1. The standard InChI is InChI=1S/C25H21F2N5O.BrH/c1-14-21-22(15-5-7-17(8-6-15)32-9-3-2-4-10-32)18(13-28)23(29-25(21)31-30-14)16-11-19(26)24(33)20(27)12-16;/h5-8,11-12,33H,2-4,9-10H2,1H3,(H,29,30,31);1H. The first kappa shape index (κ1) is 23.6. The first-order valence-corrected chi connectivity index (χ1v) is 10.8. The molecule has 3 heterocycles. The summed E-state index contributed by atoms with van der Waals surface area (Å²) in [6.07, 6.45) is 3.58. The summed E-state index contributed by atoms with van der Waals surface area (Å²) in [5.41, 5.74) is 3.91. The van der Waals surface area contributed by atoms with Crippen molar-refractivity contribution in [3.05, 3.63) is 59.3 Å². The van der Waals surface area contributed by atoms with E-state index in [1.54, 1.807) is 0 Å². The van der Waals surface area contributed by atoms with Crippen LogP contribution in [0.3, 0.4) is 0 Å². The van der Waals surface area contributed by atoms with Crippen molar-refractivity contribution < 1.29 is 13.9 Å². The van der Waals surface area contributed by atoms with Gasteiger partial charge >= 0.3 is 0 Å². The van der Waals surface area contributed by atoms with Gasteiger partial charge in [-0.05, 0) is 56.0 Å². The minimum Gasteiger partial charge on any atom is -0.503 e. The molecule has 0 bridgehead atoms. The second-order valence-corrected chi connectivity index (χ2v) is 8.25. The van der Waals surface area contributed by atoms with E-state index in [1.807, 2.05) is 31.2 Å². The Balaban J connectivity index is 0.00000274. The number of fused-ring (bicyclic) bond motifs is 1. The summed E-state index contributed by atoms with van der Waals surface area (Å²) in [4.78, 5) is 6.78. The quantitative estimate of drug-likeness (QED) is 0.341. The highest BCUT2D eigenvalue weighted by atomic mass is 79.9. The Kier molecular flexibility index (Phi) is 6.53. The summed E-state index contributed by atoms with van der Waals surface area (Å²) in [5, 5.41) is 27.4. The molecule has 5 rings (SSSR count). The third kappa shape index (κ3) is 3.99. The van der Waals surface area contributed by atoms with E-state index >= 15 is 0 Å². The highest BCUT2D eigenvalue weighted by Crippen LogP contribution is 2.39. The van der Waals surface area contributed by atoms with Crippen LogP contribution in [-0.4, -0.2) is 33.4 Å². The number of rotatable bonds is 3. The number of nitriles is 1. The van der Waals surface area contributed by atoms with Crippen LogP contribution in [0.25, 0.3) is 33.4 Å². The van der Waals surface area contributed by atoms with Gasteiger partial charge in [-0.3, -0.25) is 5.10 Å². The van der Waals surface area contributed by atoms with E-state index in [0.29, 0.717) is 16.6 Å². The predicted octanol–water partition coefficient (Wildman–Crippen LogP) is 6.02. The molecular weight excluding hydrogens is 504 g/mol. The Morgan fingerprint density at radius 3 is 2.29 bits per heavy atom. The number of aromatic amines is 1. The first-order chi connectivity index (χ1) is 16.0. The maximum atomic E-state index is 14.1. The molecule has 0 unspecified atom stereocenters. The maximum Gasteiger partial charge on any atom is 0.187 e. The normalized spacial score (nSPS) is 13.5. The largest absolute Gasteiger partial charge is 0.503 e. The van der Waals surface area contributed by atoms with Gasteiger partial charge in [0.25, 0.3) is 0 Å². The number of phenolic OH excluding ortho intramolecular Hbond substituents is 1. The van der Waals surface area contributed by atoms with Crippen molar-refractivity contribution in [3.8, 4) is 34.2 Å². The van der Waals surface area contributed by atoms with Crippen molar-refractivity contribution in [1.82, 2.24) is 15.2 Å². The van der Waals surface area contributed by atoms with Crippen LogP contribution in [0.15, 0.2) is 36.4 Å². The fourth-order valence-electron chi connectivity index (χ4n) is 4.50. The zero-order valence-electron chi connectivity index (χ0n) is 18.4. The molecule has 2 aromatic heterocycles. The van der Waals surface area contributed by atoms with Gasteiger partial charge in [0.15, 0.2) is 23.0 Å². The number of nitrogens with one attached hydrogen (secondary N) is 1. The van der Waals surface area contributed by atoms with Gasteiger partial charge in [0.2, 0.25) is 0 Å². The monoisotopic (exact) mass is 525 g/mol. The summed E-state index contributed by atoms with van der Waals surface area (Å²) < 4.78 is 28.2. The van der Waals surface area contributed by atoms with Gasteiger partial charge in [0, 0.05) is 35.6 Å². The van der Waals surface area contributed by atoms with Crippen LogP contribution in [0.4, 0.5) is 14.5 Å². The number of piperidine rings is 1. The minimum absolute atomic E-state index is 0. The van der Waals surface area contributed by atoms with Gasteiger partial charge in [0.05, 0.1) is 16.6 Å². The van der Waals surface area contributed by atoms with Crippen molar-refractivity contribution in [1.29, 1.82) is 5.26 Å². The van der Waals surface area contributed by atoms with E-state index < -0.39 is 17.4 Å². The van der Waals surface area contributed by atoms with E-state index in [2.05, 4.69) is 26.2 Å². The maximum absolute atomic E-state index is 14.1. The SMILES string of the molecule is Br.Cc1[nH]nc2nc(-c3cc(F)c(O)c(F)c3)c(C#N)c(-c3ccc(N4CCCCC4)cc3)c12. The van der Waals surface area contributed by atoms with Gasteiger partial charge in [0.1, 0.15) is 6.07 Å². The van der Waals surface area contributed by atoms with Gasteiger partial charge in [-0.15, -0.1) is 17.0 Å². The van der Waals surface area contributed by atoms with E-state index in [-0.39, 0.29) is 33.8 Å². The number of anilines is 1. The Morgan fingerprint density at radius 2 is 1.68 bits per heavy atom. The molecule has 1 aliphatic heterocycles. The molecule has 0 radical (unpaired) electrons. The zero-order valence-corrected chi connectivity index (χ0v) is 20.1. The molecule has 1 saturated heterocycles. The lowest BCUT2D eigenvalue weighted by molar-refractivity contribution is 0.396. The molecule has 1 aliphatic rings. The number of hydrogen-bond acceptors (Lipinski definition) is 5. The van der Waals surface area contributed by atoms with Crippen LogP contribution in [0.1, 0.15) is 30.5 Å². The molecule has 2 aromatic carbocycles. The molecule has 0 aliphatic carbocycles. The first-order valence-electron chi connectivity index (χ1n) is 10.8. The smallest absolute Gasteiger partial charge is 0.187 e. The molecule has 174 valence electrons. The molecule has 4 aromatic rings. The van der Waals surface area contributed by atoms with Crippen LogP contribution in [-0.2, 0) is 0 Å². The molecule has 0 atom stereocenters. The van der Waals surface area contributed by atoms with E-state index in [1.165, 1.54) is 19.3 Å². The Bertz CT molecular complexity index is 1380. The number of H-pyrrole nitrogens is 1. The van der Waals surface area contributed by atoms with Crippen molar-refractivity contribution in [2.75, 3.05) is 18.0 Å². The van der Waals surface area contributed by atoms with Crippen LogP contribution >= 0.6 is 17.0 Å². The third-order valence-corrected chi connectivity index (χ3v) is 6.16. The van der Waals surface area contributed by atoms with Crippen LogP contribution in [0.2, 0.25) is 0 Å². The van der Waals surface area contributed by atoms with Gasteiger partial charge in [-0.2, -0.15) is 10.4 Å². The molecular formula is C25H22BrF2N5O. The Hall–Kier alpha value is -3.51. The van der Waals surface area contributed by atoms with E-state index in [0.717, 1.165) is 42.2 Å². The second-order valence-electron chi connectivity index (χ2n) is 8.25. The van der Waals surface area contributed by atoms with E-state index in [4.69, 9.17) is 0 Å². The van der Waals surface area contributed by atoms with Crippen molar-refractivity contribution in [2.45, 2.75) is 26.2 Å². The predicted molar refractivity (Wildman–Crippen MR) is 132 cm³/mol. The minimum atomic E-state index is -1.12.